The van der Waals surface area contributed by atoms with Gasteiger partial charge in [-0.25, -0.2) is 9.37 Å². The summed E-state index contributed by atoms with van der Waals surface area (Å²) in [7, 11) is 1.60. The number of amides is 1. The smallest absolute Gasteiger partial charge is 0.279 e. The van der Waals surface area contributed by atoms with Gasteiger partial charge in [-0.2, -0.15) is 0 Å². The van der Waals surface area contributed by atoms with Crippen LogP contribution in [0.3, 0.4) is 0 Å². The van der Waals surface area contributed by atoms with Gasteiger partial charge in [-0.1, -0.05) is 11.6 Å². The number of hydrogen-bond donors (Lipinski definition) is 3. The van der Waals surface area contributed by atoms with Gasteiger partial charge in [0.1, 0.15) is 44.3 Å². The molecule has 0 radical (unpaired) electrons. The largest absolute Gasteiger partial charge is 0.496 e. The van der Waals surface area contributed by atoms with E-state index in [9.17, 15) is 9.18 Å². The zero-order valence-corrected chi connectivity index (χ0v) is 16.0. The van der Waals surface area contributed by atoms with Crippen LogP contribution in [0.4, 0.5) is 10.1 Å². The highest BCUT2D eigenvalue weighted by atomic mass is 35.5. The third-order valence-electron chi connectivity index (χ3n) is 4.79. The van der Waals surface area contributed by atoms with Gasteiger partial charge in [-0.05, 0) is 30.3 Å². The highest BCUT2D eigenvalue weighted by Crippen LogP contribution is 2.18. The van der Waals surface area contributed by atoms with Gasteiger partial charge >= 0.3 is 0 Å². The minimum Gasteiger partial charge on any atom is -0.496 e. The lowest BCUT2D eigenvalue weighted by Crippen LogP contribution is -3.28. The van der Waals surface area contributed by atoms with Crippen LogP contribution in [0.5, 0.6) is 5.75 Å². The van der Waals surface area contributed by atoms with Crippen molar-refractivity contribution in [3.63, 3.8) is 0 Å². The number of methoxy groups -OCH3 is 1. The van der Waals surface area contributed by atoms with E-state index in [4.69, 9.17) is 16.3 Å². The van der Waals surface area contributed by atoms with Crippen molar-refractivity contribution in [2.45, 2.75) is 6.54 Å². The first kappa shape index (κ1) is 19.5. The normalized spacial score (nSPS) is 19.5. The van der Waals surface area contributed by atoms with Crippen LogP contribution in [-0.2, 0) is 11.3 Å². The number of piperazine rings is 1. The first-order chi connectivity index (χ1) is 13.0. The van der Waals surface area contributed by atoms with E-state index in [1.54, 1.807) is 31.5 Å². The van der Waals surface area contributed by atoms with Gasteiger partial charge in [0.25, 0.3) is 5.91 Å². The zero-order valence-electron chi connectivity index (χ0n) is 15.2. The van der Waals surface area contributed by atoms with Crippen LogP contribution >= 0.6 is 11.6 Å². The molecule has 1 aliphatic heterocycles. The number of carbonyl (C=O) groups excluding carboxylic acids is 1. The molecular weight excluding hydrogens is 371 g/mol. The summed E-state index contributed by atoms with van der Waals surface area (Å²) in [6.45, 7) is 4.68. The quantitative estimate of drug-likeness (QED) is 0.595. The number of benzene rings is 1. The molecular formula is C19H24ClFN4O2+2. The molecule has 0 spiro atoms. The van der Waals surface area contributed by atoms with Crippen molar-refractivity contribution in [1.82, 2.24) is 4.98 Å². The highest BCUT2D eigenvalue weighted by molar-refractivity contribution is 6.32. The van der Waals surface area contributed by atoms with Crippen LogP contribution in [0, 0.1) is 5.82 Å². The predicted molar refractivity (Wildman–Crippen MR) is 101 cm³/mol. The first-order valence-electron chi connectivity index (χ1n) is 8.95. The molecule has 3 rings (SSSR count). The third kappa shape index (κ3) is 5.38. The van der Waals surface area contributed by atoms with E-state index >= 15 is 0 Å². The van der Waals surface area contributed by atoms with Crippen LogP contribution in [0.2, 0.25) is 5.15 Å². The Bertz CT molecular complexity index is 797. The molecule has 1 aliphatic rings. The average molecular weight is 395 g/mol. The number of quaternary nitrogens is 2. The average Bonchev–Trinajstić information content (AvgIpc) is 2.65. The molecule has 1 amide bonds. The summed E-state index contributed by atoms with van der Waals surface area (Å²) in [5.41, 5.74) is 1.41. The second-order valence-electron chi connectivity index (χ2n) is 6.70. The molecule has 0 atom stereocenters. The SMILES string of the molecule is COc1ccc(F)cc1C[NH+]1CC[NH+](CC(=O)Nc2cccnc2Cl)CC1. The number of aromatic nitrogens is 1. The number of hydrogen-bond acceptors (Lipinski definition) is 3. The van der Waals surface area contributed by atoms with Crippen LogP contribution in [-0.4, -0.2) is 50.7 Å². The number of nitrogens with one attached hydrogen (secondary N) is 3. The molecule has 2 heterocycles. The monoisotopic (exact) mass is 394 g/mol. The standard InChI is InChI=1S/C19H22ClFN4O2/c1-27-17-5-4-15(21)11-14(17)12-24-7-9-25(10-8-24)13-18(26)23-16-3-2-6-22-19(16)20/h2-6,11H,7-10,12-13H2,1H3,(H,23,26)/p+2. The van der Waals surface area contributed by atoms with Crippen LogP contribution < -0.4 is 19.9 Å². The second-order valence-corrected chi connectivity index (χ2v) is 7.06. The van der Waals surface area contributed by atoms with Gasteiger partial charge in [-0.3, -0.25) is 4.79 Å². The molecule has 2 aromatic rings. The second kappa shape index (κ2) is 9.12. The van der Waals surface area contributed by atoms with Crippen LogP contribution in [0.1, 0.15) is 5.56 Å². The highest BCUT2D eigenvalue weighted by Gasteiger charge is 2.26. The number of rotatable bonds is 6. The zero-order chi connectivity index (χ0) is 19.2. The maximum atomic E-state index is 13.5. The van der Waals surface area contributed by atoms with E-state index in [0.717, 1.165) is 31.7 Å². The molecule has 0 unspecified atom stereocenters. The van der Waals surface area contributed by atoms with Crippen LogP contribution in [0.25, 0.3) is 0 Å². The Morgan fingerprint density at radius 2 is 2.00 bits per heavy atom. The fourth-order valence-electron chi connectivity index (χ4n) is 3.37. The van der Waals surface area contributed by atoms with Crippen molar-refractivity contribution in [1.29, 1.82) is 0 Å². The Balaban J connectivity index is 1.48. The molecule has 1 aromatic heterocycles. The number of nitrogens with zero attached hydrogens (tertiary/aromatic N) is 1. The van der Waals surface area contributed by atoms with Gasteiger partial charge in [0, 0.05) is 6.20 Å². The topological polar surface area (TPSA) is 60.1 Å². The Hall–Kier alpha value is -2.22. The lowest BCUT2D eigenvalue weighted by molar-refractivity contribution is -1.02. The summed E-state index contributed by atoms with van der Waals surface area (Å²) in [4.78, 5) is 18.8. The number of anilines is 1. The minimum atomic E-state index is -0.250. The molecule has 144 valence electrons. The van der Waals surface area contributed by atoms with Crippen molar-refractivity contribution in [3.8, 4) is 5.75 Å². The molecule has 27 heavy (non-hydrogen) atoms. The fourth-order valence-corrected chi connectivity index (χ4v) is 3.53. The molecule has 0 bridgehead atoms. The number of pyridine rings is 1. The molecule has 8 heteroatoms. The summed E-state index contributed by atoms with van der Waals surface area (Å²) in [6, 6.07) is 8.08. The summed E-state index contributed by atoms with van der Waals surface area (Å²) >= 11 is 5.97. The van der Waals surface area contributed by atoms with E-state index in [0.29, 0.717) is 29.7 Å². The van der Waals surface area contributed by atoms with Crippen molar-refractivity contribution < 1.29 is 23.7 Å². The van der Waals surface area contributed by atoms with Crippen molar-refractivity contribution in [2.24, 2.45) is 0 Å². The minimum absolute atomic E-state index is 0.0739. The maximum Gasteiger partial charge on any atom is 0.279 e. The Morgan fingerprint density at radius 1 is 1.26 bits per heavy atom. The molecule has 0 aliphatic carbocycles. The lowest BCUT2D eigenvalue weighted by Gasteiger charge is -2.29. The molecule has 0 saturated carbocycles. The molecule has 1 aromatic carbocycles. The summed E-state index contributed by atoms with van der Waals surface area (Å²) in [5.74, 6) is 0.391. The summed E-state index contributed by atoms with van der Waals surface area (Å²) in [5, 5.41) is 3.10. The van der Waals surface area contributed by atoms with Gasteiger partial charge in [0.05, 0.1) is 18.4 Å². The van der Waals surface area contributed by atoms with Gasteiger partial charge in [0.15, 0.2) is 11.7 Å². The summed E-state index contributed by atoms with van der Waals surface area (Å²) < 4.78 is 18.9. The predicted octanol–water partition coefficient (Wildman–Crippen LogP) is -0.195. The molecule has 3 N–H and O–H groups in total. The lowest BCUT2D eigenvalue weighted by atomic mass is 10.1. The van der Waals surface area contributed by atoms with E-state index in [2.05, 4.69) is 10.3 Å². The number of halogens is 2. The van der Waals surface area contributed by atoms with Crippen molar-refractivity contribution >= 4 is 23.2 Å². The summed E-state index contributed by atoms with van der Waals surface area (Å²) in [6.07, 6.45) is 1.58. The number of carbonyl (C=O) groups is 1. The van der Waals surface area contributed by atoms with Gasteiger partial charge < -0.3 is 19.9 Å². The van der Waals surface area contributed by atoms with Crippen molar-refractivity contribution in [3.05, 3.63) is 53.1 Å². The van der Waals surface area contributed by atoms with E-state index in [-0.39, 0.29) is 11.7 Å². The molecule has 1 fully saturated rings. The van der Waals surface area contributed by atoms with E-state index in [1.807, 2.05) is 0 Å². The molecule has 1 saturated heterocycles. The Kier molecular flexibility index (Phi) is 6.60. The third-order valence-corrected chi connectivity index (χ3v) is 5.09. The van der Waals surface area contributed by atoms with Gasteiger partial charge in [-0.15, -0.1) is 0 Å². The van der Waals surface area contributed by atoms with Gasteiger partial charge in [0.2, 0.25) is 0 Å². The van der Waals surface area contributed by atoms with E-state index < -0.39 is 0 Å². The number of ether oxygens (including phenoxy) is 1. The van der Waals surface area contributed by atoms with E-state index in [1.165, 1.54) is 21.9 Å². The van der Waals surface area contributed by atoms with Crippen LogP contribution in [0.15, 0.2) is 36.5 Å². The Morgan fingerprint density at radius 3 is 2.70 bits per heavy atom. The Labute approximate surface area is 162 Å². The maximum absolute atomic E-state index is 13.5. The molecule has 6 nitrogen and oxygen atoms in total. The first-order valence-corrected chi connectivity index (χ1v) is 9.33. The fraction of sp³-hybridized carbons (Fsp3) is 0.368. The van der Waals surface area contributed by atoms with Crippen molar-refractivity contribution in [2.75, 3.05) is 45.2 Å².